The Kier molecular flexibility index (Phi) is 3.20. The highest BCUT2D eigenvalue weighted by atomic mass is 28.1. The molecule has 0 aromatic heterocycles. The van der Waals surface area contributed by atoms with E-state index in [2.05, 4.69) is 19.1 Å². The van der Waals surface area contributed by atoms with Crippen LogP contribution in [0.25, 0.3) is 0 Å². The Balaban J connectivity index is 0.000000490. The summed E-state index contributed by atoms with van der Waals surface area (Å²) in [6, 6.07) is 10.3. The largest absolute Gasteiger partial charge is 0.0622 e. The predicted molar refractivity (Wildman–Crippen MR) is 36.9 cm³/mol. The molecule has 0 heterocycles. The van der Waals surface area contributed by atoms with Gasteiger partial charge in [-0.2, -0.15) is 0 Å². The van der Waals surface area contributed by atoms with Crippen molar-refractivity contribution in [3.05, 3.63) is 35.9 Å². The molecule has 0 spiro atoms. The molecule has 1 aromatic carbocycles. The zero-order chi connectivity index (χ0) is 5.11. The summed E-state index contributed by atoms with van der Waals surface area (Å²) in [5, 5.41) is 0. The van der Waals surface area contributed by atoms with E-state index in [1.807, 2.05) is 18.2 Å². The molecule has 1 rings (SSSR count). The van der Waals surface area contributed by atoms with Gasteiger partial charge in [0.1, 0.15) is 0 Å². The zero-order valence-corrected chi connectivity index (χ0v) is 5.89. The smallest absolute Gasteiger partial charge is 0 e. The number of hydrogen-bond acceptors (Lipinski definition) is 0. The average Bonchev–Trinajstić information content (AvgIpc) is 1.69. The Morgan fingerprint density at radius 3 is 1.75 bits per heavy atom. The quantitative estimate of drug-likeness (QED) is 0.456. The fraction of sp³-hybridized carbons (Fsp3) is 0.143. The lowest BCUT2D eigenvalue weighted by molar-refractivity contribution is 1.48. The van der Waals surface area contributed by atoms with Gasteiger partial charge >= 0.3 is 0 Å². The van der Waals surface area contributed by atoms with Crippen LogP contribution in [0.15, 0.2) is 30.3 Å². The predicted octanol–water partition coefficient (Wildman–Crippen LogP) is 1.61. The van der Waals surface area contributed by atoms with E-state index in [1.165, 1.54) is 5.56 Å². The lowest BCUT2D eigenvalue weighted by atomic mass is 10.2. The summed E-state index contributed by atoms with van der Waals surface area (Å²) in [5.41, 5.74) is 1.32. The van der Waals surface area contributed by atoms with Gasteiger partial charge in [-0.15, -0.1) is 0 Å². The summed E-state index contributed by atoms with van der Waals surface area (Å²) in [6.07, 6.45) is 0. The number of aryl methyl sites for hydroxylation is 1. The fourth-order valence-corrected chi connectivity index (χ4v) is 0.534. The van der Waals surface area contributed by atoms with Crippen LogP contribution in [0.1, 0.15) is 5.56 Å². The Hall–Kier alpha value is -0.563. The molecular weight excluding hydrogens is 112 g/mol. The summed E-state index contributed by atoms with van der Waals surface area (Å²) < 4.78 is 0. The number of benzene rings is 1. The lowest BCUT2D eigenvalue weighted by Gasteiger charge is -1.82. The maximum Gasteiger partial charge on any atom is 0 e. The molecule has 0 saturated carbocycles. The third-order valence-electron chi connectivity index (χ3n) is 0.940. The summed E-state index contributed by atoms with van der Waals surface area (Å²) in [6.45, 7) is 2.08. The van der Waals surface area contributed by atoms with Crippen LogP contribution in [0, 0.1) is 6.92 Å². The van der Waals surface area contributed by atoms with Gasteiger partial charge in [0.15, 0.2) is 0 Å². The van der Waals surface area contributed by atoms with Crippen molar-refractivity contribution < 1.29 is 0 Å². The first kappa shape index (κ1) is 7.44. The van der Waals surface area contributed by atoms with Crippen LogP contribution in [0.2, 0.25) is 0 Å². The van der Waals surface area contributed by atoms with Gasteiger partial charge in [0, 0.05) is 11.0 Å². The highest BCUT2D eigenvalue weighted by molar-refractivity contribution is 5.75. The Morgan fingerprint density at radius 2 is 1.50 bits per heavy atom. The summed E-state index contributed by atoms with van der Waals surface area (Å²) in [7, 11) is 0. The molecule has 0 aliphatic heterocycles. The van der Waals surface area contributed by atoms with Crippen LogP contribution in [0.3, 0.4) is 0 Å². The van der Waals surface area contributed by atoms with E-state index in [0.717, 1.165) is 0 Å². The zero-order valence-electron chi connectivity index (χ0n) is 4.89. The number of hydrogen-bond donors (Lipinski definition) is 0. The summed E-state index contributed by atoms with van der Waals surface area (Å²) >= 11 is 0. The van der Waals surface area contributed by atoms with Crippen LogP contribution in [-0.2, 0) is 0 Å². The van der Waals surface area contributed by atoms with Gasteiger partial charge in [0.2, 0.25) is 0 Å². The van der Waals surface area contributed by atoms with E-state index in [9.17, 15) is 0 Å². The van der Waals surface area contributed by atoms with Gasteiger partial charge in [-0.05, 0) is 6.92 Å². The molecule has 0 bridgehead atoms. The van der Waals surface area contributed by atoms with Gasteiger partial charge in [0.25, 0.3) is 0 Å². The molecule has 1 aromatic rings. The molecule has 8 heavy (non-hydrogen) atoms. The summed E-state index contributed by atoms with van der Waals surface area (Å²) in [5.74, 6) is 0. The first-order chi connectivity index (χ1) is 3.39. The van der Waals surface area contributed by atoms with Crippen molar-refractivity contribution in [3.8, 4) is 0 Å². The molecule has 40 valence electrons. The minimum atomic E-state index is 0. The molecule has 0 aliphatic rings. The highest BCUT2D eigenvalue weighted by Gasteiger charge is 1.72. The molecule has 0 nitrogen and oxygen atoms in total. The van der Waals surface area contributed by atoms with Gasteiger partial charge < -0.3 is 0 Å². The van der Waals surface area contributed by atoms with Crippen molar-refractivity contribution in [1.82, 2.24) is 0 Å². The average molecular weight is 120 g/mol. The molecular formula is C7H8Si. The van der Waals surface area contributed by atoms with Crippen LogP contribution >= 0.6 is 0 Å². The van der Waals surface area contributed by atoms with E-state index >= 15 is 0 Å². The fourth-order valence-electron chi connectivity index (χ4n) is 0.534. The van der Waals surface area contributed by atoms with Crippen molar-refractivity contribution in [2.45, 2.75) is 6.92 Å². The van der Waals surface area contributed by atoms with E-state index < -0.39 is 0 Å². The van der Waals surface area contributed by atoms with Gasteiger partial charge in [-0.25, -0.2) is 0 Å². The molecule has 0 fully saturated rings. The molecule has 1 heteroatoms. The molecule has 0 saturated heterocycles. The van der Waals surface area contributed by atoms with Crippen molar-refractivity contribution in [2.75, 3.05) is 0 Å². The van der Waals surface area contributed by atoms with Gasteiger partial charge in [0.05, 0.1) is 0 Å². The third-order valence-corrected chi connectivity index (χ3v) is 0.940. The summed E-state index contributed by atoms with van der Waals surface area (Å²) in [4.78, 5) is 0. The van der Waals surface area contributed by atoms with E-state index in [1.54, 1.807) is 0 Å². The molecule has 0 amide bonds. The SMILES string of the molecule is Cc1ccccc1.[Si]. The second kappa shape index (κ2) is 3.44. The van der Waals surface area contributed by atoms with E-state index in [0.29, 0.717) is 0 Å². The van der Waals surface area contributed by atoms with Gasteiger partial charge in [-0.3, -0.25) is 0 Å². The molecule has 0 unspecified atom stereocenters. The molecule has 0 atom stereocenters. The standard InChI is InChI=1S/C7H8.Si/c1-7-5-3-2-4-6-7;/h2-6H,1H3;. The molecule has 4 radical (unpaired) electrons. The van der Waals surface area contributed by atoms with Gasteiger partial charge in [-0.1, -0.05) is 35.9 Å². The maximum absolute atomic E-state index is 2.08. The van der Waals surface area contributed by atoms with Crippen molar-refractivity contribution in [3.63, 3.8) is 0 Å². The van der Waals surface area contributed by atoms with Crippen LogP contribution < -0.4 is 0 Å². The van der Waals surface area contributed by atoms with Crippen molar-refractivity contribution in [1.29, 1.82) is 0 Å². The Morgan fingerprint density at radius 1 is 1.00 bits per heavy atom. The van der Waals surface area contributed by atoms with Crippen molar-refractivity contribution >= 4 is 11.0 Å². The monoisotopic (exact) mass is 120 g/mol. The van der Waals surface area contributed by atoms with Crippen LogP contribution in [-0.4, -0.2) is 11.0 Å². The number of rotatable bonds is 0. The second-order valence-corrected chi connectivity index (χ2v) is 1.65. The third kappa shape index (κ3) is 1.94. The van der Waals surface area contributed by atoms with Crippen LogP contribution in [0.4, 0.5) is 0 Å². The minimum absolute atomic E-state index is 0. The van der Waals surface area contributed by atoms with E-state index in [4.69, 9.17) is 0 Å². The highest BCUT2D eigenvalue weighted by Crippen LogP contribution is 1.92. The Labute approximate surface area is 54.6 Å². The maximum atomic E-state index is 2.08. The molecule has 0 aliphatic carbocycles. The van der Waals surface area contributed by atoms with E-state index in [-0.39, 0.29) is 11.0 Å². The molecule has 0 N–H and O–H groups in total. The lowest BCUT2D eigenvalue weighted by Crippen LogP contribution is -1.62. The van der Waals surface area contributed by atoms with Crippen LogP contribution in [0.5, 0.6) is 0 Å². The normalized spacial score (nSPS) is 7.62. The minimum Gasteiger partial charge on any atom is -0.0622 e. The van der Waals surface area contributed by atoms with Crippen molar-refractivity contribution in [2.24, 2.45) is 0 Å². The first-order valence-corrected chi connectivity index (χ1v) is 2.41. The Bertz CT molecular complexity index is 134. The topological polar surface area (TPSA) is 0 Å². The second-order valence-electron chi connectivity index (χ2n) is 1.65. The first-order valence-electron chi connectivity index (χ1n) is 2.41.